The van der Waals surface area contributed by atoms with E-state index in [-0.39, 0.29) is 10.8 Å². The summed E-state index contributed by atoms with van der Waals surface area (Å²) in [4.78, 5) is 19.1. The minimum absolute atomic E-state index is 0.132. The number of hydrogen-bond donors (Lipinski definition) is 1. The van der Waals surface area contributed by atoms with Crippen LogP contribution in [0.25, 0.3) is 0 Å². The van der Waals surface area contributed by atoms with E-state index in [1.165, 1.54) is 25.7 Å². The molecule has 0 unspecified atom stereocenters. The number of piperidine rings is 1. The van der Waals surface area contributed by atoms with Gasteiger partial charge in [-0.1, -0.05) is 31.4 Å². The molecule has 4 rings (SSSR count). The molecule has 3 aliphatic rings. The predicted octanol–water partition coefficient (Wildman–Crippen LogP) is 2.15. The number of likely N-dealkylation sites (tertiary alicyclic amines) is 1. The van der Waals surface area contributed by atoms with Gasteiger partial charge >= 0.3 is 0 Å². The number of benzene rings is 1. The van der Waals surface area contributed by atoms with E-state index in [0.717, 1.165) is 25.4 Å². The van der Waals surface area contributed by atoms with E-state index < -0.39 is 10.0 Å². The highest BCUT2D eigenvalue weighted by Crippen LogP contribution is 2.36. The molecule has 1 amide bonds. The van der Waals surface area contributed by atoms with Crippen molar-refractivity contribution < 1.29 is 13.2 Å². The fourth-order valence-electron chi connectivity index (χ4n) is 4.50. The summed E-state index contributed by atoms with van der Waals surface area (Å²) in [5.74, 6) is 1.95. The van der Waals surface area contributed by atoms with Gasteiger partial charge in [0.2, 0.25) is 5.91 Å². The Morgan fingerprint density at radius 2 is 1.92 bits per heavy atom. The van der Waals surface area contributed by atoms with Gasteiger partial charge in [-0.2, -0.15) is 0 Å². The van der Waals surface area contributed by atoms with Crippen molar-refractivity contribution in [1.29, 1.82) is 0 Å². The van der Waals surface area contributed by atoms with E-state index in [9.17, 15) is 13.2 Å². The molecule has 140 valence electrons. The van der Waals surface area contributed by atoms with Gasteiger partial charge in [-0.05, 0) is 36.8 Å². The maximum absolute atomic E-state index is 12.5. The quantitative estimate of drug-likeness (QED) is 0.879. The topological polar surface area (TPSA) is 78.8 Å². The van der Waals surface area contributed by atoms with Gasteiger partial charge < -0.3 is 4.90 Å². The van der Waals surface area contributed by atoms with Crippen molar-refractivity contribution in [1.82, 2.24) is 9.62 Å². The Bertz CT molecular complexity index is 834. The monoisotopic (exact) mass is 375 g/mol. The Kier molecular flexibility index (Phi) is 4.73. The minimum Gasteiger partial charge on any atom is -0.342 e. The number of carbonyl (C=O) groups is 1. The lowest BCUT2D eigenvalue weighted by Gasteiger charge is -2.41. The number of nitrogens with one attached hydrogen (secondary N) is 1. The third kappa shape index (κ3) is 3.37. The predicted molar refractivity (Wildman–Crippen MR) is 99.4 cm³/mol. The van der Waals surface area contributed by atoms with Crippen LogP contribution in [0, 0.1) is 11.8 Å². The number of amides is 1. The maximum atomic E-state index is 12.5. The summed E-state index contributed by atoms with van der Waals surface area (Å²) in [6.45, 7) is 2.04. The number of amidine groups is 1. The molecule has 0 bridgehead atoms. The molecule has 7 heteroatoms. The molecule has 1 saturated heterocycles. The Hall–Kier alpha value is -1.89. The number of carbonyl (C=O) groups excluding carboxylic acids is 1. The summed E-state index contributed by atoms with van der Waals surface area (Å²) >= 11 is 0. The first-order valence-corrected chi connectivity index (χ1v) is 11.0. The molecule has 0 radical (unpaired) electrons. The van der Waals surface area contributed by atoms with Crippen LogP contribution in [0.2, 0.25) is 0 Å². The Labute approximate surface area is 154 Å². The second kappa shape index (κ2) is 7.02. The average molecular weight is 375 g/mol. The summed E-state index contributed by atoms with van der Waals surface area (Å²) in [5.41, 5.74) is 0.586. The third-order valence-electron chi connectivity index (χ3n) is 5.90. The molecule has 26 heavy (non-hydrogen) atoms. The van der Waals surface area contributed by atoms with E-state index in [2.05, 4.69) is 9.71 Å². The third-order valence-corrected chi connectivity index (χ3v) is 7.30. The van der Waals surface area contributed by atoms with Gasteiger partial charge in [-0.15, -0.1) is 0 Å². The molecular formula is C19H25N3O3S. The van der Waals surface area contributed by atoms with Crippen LogP contribution in [0.15, 0.2) is 34.2 Å². The molecular weight excluding hydrogens is 350 g/mol. The lowest BCUT2D eigenvalue weighted by Crippen LogP contribution is -2.44. The molecule has 0 spiro atoms. The van der Waals surface area contributed by atoms with E-state index in [1.54, 1.807) is 24.3 Å². The van der Waals surface area contributed by atoms with Gasteiger partial charge in [0, 0.05) is 25.1 Å². The summed E-state index contributed by atoms with van der Waals surface area (Å²) in [5, 5.41) is 0. The molecule has 2 fully saturated rings. The molecule has 0 aromatic heterocycles. The largest absolute Gasteiger partial charge is 0.342 e. The van der Waals surface area contributed by atoms with Crippen LogP contribution in [0.1, 0.15) is 44.1 Å². The smallest absolute Gasteiger partial charge is 0.263 e. The lowest BCUT2D eigenvalue weighted by atomic mass is 9.75. The van der Waals surface area contributed by atoms with Gasteiger partial charge in [0.15, 0.2) is 0 Å². The highest BCUT2D eigenvalue weighted by molar-refractivity contribution is 7.90. The van der Waals surface area contributed by atoms with Crippen LogP contribution >= 0.6 is 0 Å². The summed E-state index contributed by atoms with van der Waals surface area (Å²) < 4.78 is 26.6. The van der Waals surface area contributed by atoms with Crippen LogP contribution < -0.4 is 4.72 Å². The lowest BCUT2D eigenvalue weighted by molar-refractivity contribution is -0.134. The standard InChI is InChI=1S/C19H25N3O3S/c23-18(22-12-10-14-5-1-2-6-15(14)13-22)9-11-20-19-16-7-3-4-8-17(16)26(24,25)21-19/h3-4,7-8,14-15H,1-2,5-6,9-13H2,(H,20,21)/t14-,15-/m0/s1. The summed E-state index contributed by atoms with van der Waals surface area (Å²) in [7, 11) is -3.52. The normalized spacial score (nSPS) is 28.3. The van der Waals surface area contributed by atoms with E-state index in [0.29, 0.717) is 30.3 Å². The Morgan fingerprint density at radius 3 is 2.77 bits per heavy atom. The number of rotatable bonds is 3. The number of fused-ring (bicyclic) bond motifs is 2. The summed E-state index contributed by atoms with van der Waals surface area (Å²) in [6.07, 6.45) is 6.64. The Morgan fingerprint density at radius 1 is 1.15 bits per heavy atom. The van der Waals surface area contributed by atoms with Gasteiger partial charge in [0.05, 0.1) is 11.4 Å². The summed E-state index contributed by atoms with van der Waals surface area (Å²) in [6, 6.07) is 6.79. The van der Waals surface area contributed by atoms with Crippen molar-refractivity contribution in [2.75, 3.05) is 19.6 Å². The number of sulfonamides is 1. The molecule has 1 aromatic rings. The van der Waals surface area contributed by atoms with Crippen LogP contribution in [-0.4, -0.2) is 44.7 Å². The highest BCUT2D eigenvalue weighted by Gasteiger charge is 2.33. The first kappa shape index (κ1) is 17.5. The average Bonchev–Trinajstić information content (AvgIpc) is 2.92. The van der Waals surface area contributed by atoms with Crippen molar-refractivity contribution in [3.63, 3.8) is 0 Å². The van der Waals surface area contributed by atoms with Crippen molar-refractivity contribution in [2.24, 2.45) is 16.8 Å². The minimum atomic E-state index is -3.52. The van der Waals surface area contributed by atoms with E-state index in [4.69, 9.17) is 0 Å². The Balaban J connectivity index is 1.36. The number of hydrogen-bond acceptors (Lipinski definition) is 4. The van der Waals surface area contributed by atoms with Gasteiger partial charge in [0.1, 0.15) is 5.84 Å². The molecule has 2 aliphatic heterocycles. The molecule has 1 aromatic carbocycles. The second-order valence-electron chi connectivity index (χ2n) is 7.52. The fourth-order valence-corrected chi connectivity index (χ4v) is 5.75. The molecule has 2 atom stereocenters. The SMILES string of the molecule is O=C(CCN=C1NS(=O)(=O)c2ccccc21)N1CC[C@@H]2CCCC[C@H]2C1. The highest BCUT2D eigenvalue weighted by atomic mass is 32.2. The van der Waals surface area contributed by atoms with Crippen molar-refractivity contribution in [3.05, 3.63) is 29.8 Å². The van der Waals surface area contributed by atoms with Gasteiger partial charge in [0.25, 0.3) is 10.0 Å². The van der Waals surface area contributed by atoms with Crippen LogP contribution in [-0.2, 0) is 14.8 Å². The number of nitrogens with zero attached hydrogens (tertiary/aromatic N) is 2. The first-order chi connectivity index (χ1) is 12.5. The number of aliphatic imine (C=N–C) groups is 1. The van der Waals surface area contributed by atoms with E-state index >= 15 is 0 Å². The molecule has 1 aliphatic carbocycles. The maximum Gasteiger partial charge on any atom is 0.263 e. The van der Waals surface area contributed by atoms with Crippen LogP contribution in [0.3, 0.4) is 0 Å². The molecule has 6 nitrogen and oxygen atoms in total. The fraction of sp³-hybridized carbons (Fsp3) is 0.579. The second-order valence-corrected chi connectivity index (χ2v) is 9.17. The molecule has 1 N–H and O–H groups in total. The van der Waals surface area contributed by atoms with E-state index in [1.807, 2.05) is 4.90 Å². The zero-order valence-corrected chi connectivity index (χ0v) is 15.7. The van der Waals surface area contributed by atoms with Crippen LogP contribution in [0.5, 0.6) is 0 Å². The van der Waals surface area contributed by atoms with Crippen molar-refractivity contribution >= 4 is 21.8 Å². The molecule has 2 heterocycles. The zero-order chi connectivity index (χ0) is 18.1. The zero-order valence-electron chi connectivity index (χ0n) is 14.9. The van der Waals surface area contributed by atoms with Gasteiger partial charge in [-0.25, -0.2) is 8.42 Å². The van der Waals surface area contributed by atoms with Gasteiger partial charge in [-0.3, -0.25) is 14.5 Å². The first-order valence-electron chi connectivity index (χ1n) is 9.49. The van der Waals surface area contributed by atoms with Crippen molar-refractivity contribution in [3.8, 4) is 0 Å². The van der Waals surface area contributed by atoms with Crippen LogP contribution in [0.4, 0.5) is 0 Å². The van der Waals surface area contributed by atoms with Crippen molar-refractivity contribution in [2.45, 2.75) is 43.4 Å². The molecule has 1 saturated carbocycles.